The van der Waals surface area contributed by atoms with Crippen molar-refractivity contribution < 1.29 is 19.5 Å². The van der Waals surface area contributed by atoms with E-state index >= 15 is 0 Å². The number of rotatable bonds is 6. The smallest absolute Gasteiger partial charge is 0.327 e. The highest BCUT2D eigenvalue weighted by Crippen LogP contribution is 2.32. The molecular weight excluding hydrogens is 340 g/mol. The molecule has 1 aliphatic rings. The third-order valence-electron chi connectivity index (χ3n) is 4.68. The van der Waals surface area contributed by atoms with E-state index in [9.17, 15) is 19.5 Å². The van der Waals surface area contributed by atoms with E-state index in [4.69, 9.17) is 0 Å². The van der Waals surface area contributed by atoms with Crippen molar-refractivity contribution >= 4 is 36.1 Å². The number of carbonyl (C=O) groups is 3. The Morgan fingerprint density at radius 2 is 1.96 bits per heavy atom. The van der Waals surface area contributed by atoms with E-state index in [1.54, 1.807) is 19.1 Å². The molecule has 136 valence electrons. The molecule has 0 aliphatic carbocycles. The molecule has 1 unspecified atom stereocenters. The number of para-hydroxylation sites is 1. The highest BCUT2D eigenvalue weighted by molar-refractivity contribution is 7.81. The minimum atomic E-state index is -1.06. The van der Waals surface area contributed by atoms with Crippen LogP contribution in [0.2, 0.25) is 0 Å². The van der Waals surface area contributed by atoms with Crippen molar-refractivity contribution in [3.63, 3.8) is 0 Å². The fourth-order valence-corrected chi connectivity index (χ4v) is 3.19. The first-order valence-electron chi connectivity index (χ1n) is 8.40. The molecule has 2 amide bonds. The molecule has 25 heavy (non-hydrogen) atoms. The number of hydrogen-bond donors (Lipinski definition) is 3. The van der Waals surface area contributed by atoms with Crippen LogP contribution in [0.1, 0.15) is 32.8 Å². The molecular formula is C18H24N2O4S. The molecule has 1 heterocycles. The minimum Gasteiger partial charge on any atom is -0.480 e. The Balaban J connectivity index is 2.17. The predicted molar refractivity (Wildman–Crippen MR) is 98.9 cm³/mol. The molecule has 2 rings (SSSR count). The molecule has 2 N–H and O–H groups in total. The maximum Gasteiger partial charge on any atom is 0.327 e. The highest BCUT2D eigenvalue weighted by atomic mass is 32.1. The fraction of sp³-hybridized carbons (Fsp3) is 0.500. The van der Waals surface area contributed by atoms with Crippen molar-refractivity contribution in [2.75, 3.05) is 4.90 Å². The van der Waals surface area contributed by atoms with Gasteiger partial charge in [0.2, 0.25) is 11.8 Å². The second kappa shape index (κ2) is 7.91. The summed E-state index contributed by atoms with van der Waals surface area (Å²) in [6.07, 6.45) is 1.06. The number of aliphatic carboxylic acids is 1. The van der Waals surface area contributed by atoms with Crippen LogP contribution in [-0.2, 0) is 20.8 Å². The van der Waals surface area contributed by atoms with Gasteiger partial charge in [-0.1, -0.05) is 38.5 Å². The molecule has 0 aromatic heterocycles. The number of anilines is 1. The second-order valence-corrected chi connectivity index (χ2v) is 7.01. The second-order valence-electron chi connectivity index (χ2n) is 6.46. The number of fused-ring (bicyclic) bond motifs is 1. The van der Waals surface area contributed by atoms with Gasteiger partial charge in [0.25, 0.3) is 0 Å². The molecule has 7 heteroatoms. The van der Waals surface area contributed by atoms with Crippen LogP contribution < -0.4 is 10.2 Å². The van der Waals surface area contributed by atoms with E-state index in [1.165, 1.54) is 4.90 Å². The number of carboxylic acid groups (broad SMARTS) is 1. The van der Waals surface area contributed by atoms with Crippen LogP contribution >= 0.6 is 12.6 Å². The topological polar surface area (TPSA) is 86.7 Å². The SMILES string of the molecule is CCC(C)[C@H](S)C(=O)N[C@@H](C)C(=O)N1c2ccccc2C[C@H]1C(=O)O. The summed E-state index contributed by atoms with van der Waals surface area (Å²) in [6.45, 7) is 5.45. The number of nitrogens with one attached hydrogen (secondary N) is 1. The predicted octanol–water partition coefficient (Wildman–Crippen LogP) is 1.88. The van der Waals surface area contributed by atoms with E-state index < -0.39 is 29.2 Å². The highest BCUT2D eigenvalue weighted by Gasteiger charge is 2.40. The standard InChI is InChI=1S/C18H24N2O4S/c1-4-10(2)15(25)16(21)19-11(3)17(22)20-13-8-6-5-7-12(13)9-14(20)18(23)24/h5-8,10-11,14-15,25H,4,9H2,1-3H3,(H,19,21)(H,23,24)/t10?,11-,14-,15-/m0/s1. The van der Waals surface area contributed by atoms with E-state index in [0.717, 1.165) is 12.0 Å². The van der Waals surface area contributed by atoms with Crippen molar-refractivity contribution in [3.8, 4) is 0 Å². The quantitative estimate of drug-likeness (QED) is 0.673. The monoisotopic (exact) mass is 364 g/mol. The van der Waals surface area contributed by atoms with Gasteiger partial charge < -0.3 is 10.4 Å². The lowest BCUT2D eigenvalue weighted by atomic mass is 10.0. The summed E-state index contributed by atoms with van der Waals surface area (Å²) >= 11 is 4.32. The Labute approximate surface area is 153 Å². The van der Waals surface area contributed by atoms with Crippen molar-refractivity contribution in [1.82, 2.24) is 5.32 Å². The Bertz CT molecular complexity index is 679. The van der Waals surface area contributed by atoms with Crippen molar-refractivity contribution in [2.24, 2.45) is 5.92 Å². The van der Waals surface area contributed by atoms with Gasteiger partial charge in [0.05, 0.1) is 5.25 Å². The van der Waals surface area contributed by atoms with Crippen LogP contribution in [-0.4, -0.2) is 40.2 Å². The minimum absolute atomic E-state index is 0.0740. The van der Waals surface area contributed by atoms with Crippen molar-refractivity contribution in [1.29, 1.82) is 0 Å². The summed E-state index contributed by atoms with van der Waals surface area (Å²) in [6, 6.07) is 5.33. The lowest BCUT2D eigenvalue weighted by Gasteiger charge is -2.27. The van der Waals surface area contributed by atoms with Crippen LogP contribution in [0.5, 0.6) is 0 Å². The maximum atomic E-state index is 12.8. The number of amides is 2. The molecule has 6 nitrogen and oxygen atoms in total. The van der Waals surface area contributed by atoms with Gasteiger partial charge in [-0.3, -0.25) is 14.5 Å². The molecule has 0 bridgehead atoms. The summed E-state index contributed by atoms with van der Waals surface area (Å²) in [5, 5.41) is 11.6. The van der Waals surface area contributed by atoms with Crippen LogP contribution in [0.25, 0.3) is 0 Å². The molecule has 1 aromatic rings. The van der Waals surface area contributed by atoms with Crippen LogP contribution in [0.3, 0.4) is 0 Å². The third kappa shape index (κ3) is 3.98. The summed E-state index contributed by atoms with van der Waals surface area (Å²) < 4.78 is 0. The zero-order valence-electron chi connectivity index (χ0n) is 14.6. The first-order valence-corrected chi connectivity index (χ1v) is 8.91. The van der Waals surface area contributed by atoms with Gasteiger partial charge in [0.1, 0.15) is 12.1 Å². The molecule has 1 aromatic carbocycles. The van der Waals surface area contributed by atoms with Crippen molar-refractivity contribution in [3.05, 3.63) is 29.8 Å². The summed E-state index contributed by atoms with van der Waals surface area (Å²) in [5.41, 5.74) is 1.40. The molecule has 4 atom stereocenters. The number of benzene rings is 1. The number of carbonyl (C=O) groups excluding carboxylic acids is 2. The summed E-state index contributed by atoms with van der Waals surface area (Å²) in [5.74, 6) is -1.74. The lowest BCUT2D eigenvalue weighted by molar-refractivity contribution is -0.140. The van der Waals surface area contributed by atoms with E-state index in [-0.39, 0.29) is 18.2 Å². The Hall–Kier alpha value is -2.02. The Morgan fingerprint density at radius 1 is 1.32 bits per heavy atom. The molecule has 0 radical (unpaired) electrons. The van der Waals surface area contributed by atoms with Gasteiger partial charge in [0.15, 0.2) is 0 Å². The number of hydrogen-bond acceptors (Lipinski definition) is 4. The molecule has 1 aliphatic heterocycles. The molecule has 0 spiro atoms. The van der Waals surface area contributed by atoms with Gasteiger partial charge in [-0.2, -0.15) is 12.6 Å². The van der Waals surface area contributed by atoms with Gasteiger partial charge in [-0.05, 0) is 24.5 Å². The van der Waals surface area contributed by atoms with E-state index in [2.05, 4.69) is 17.9 Å². The summed E-state index contributed by atoms with van der Waals surface area (Å²) in [4.78, 5) is 38.0. The van der Waals surface area contributed by atoms with Crippen molar-refractivity contribution in [2.45, 2.75) is 50.9 Å². The first kappa shape index (κ1) is 19.3. The Kier molecular flexibility index (Phi) is 6.11. The van der Waals surface area contributed by atoms with Crippen LogP contribution in [0.15, 0.2) is 24.3 Å². The molecule has 0 fully saturated rings. The van der Waals surface area contributed by atoms with Gasteiger partial charge in [0, 0.05) is 12.1 Å². The third-order valence-corrected chi connectivity index (χ3v) is 5.42. The van der Waals surface area contributed by atoms with Crippen LogP contribution in [0.4, 0.5) is 5.69 Å². The van der Waals surface area contributed by atoms with E-state index in [0.29, 0.717) is 5.69 Å². The number of thiol groups is 1. The van der Waals surface area contributed by atoms with Gasteiger partial charge >= 0.3 is 5.97 Å². The molecule has 0 saturated carbocycles. The number of nitrogens with zero attached hydrogens (tertiary/aromatic N) is 1. The normalized spacial score (nSPS) is 19.7. The fourth-order valence-electron chi connectivity index (χ4n) is 2.91. The van der Waals surface area contributed by atoms with Crippen LogP contribution in [0, 0.1) is 5.92 Å². The Morgan fingerprint density at radius 3 is 2.56 bits per heavy atom. The van der Waals surface area contributed by atoms with Gasteiger partial charge in [-0.25, -0.2) is 4.79 Å². The summed E-state index contributed by atoms with van der Waals surface area (Å²) in [7, 11) is 0. The lowest BCUT2D eigenvalue weighted by Crippen LogP contribution is -2.53. The van der Waals surface area contributed by atoms with E-state index in [1.807, 2.05) is 26.0 Å². The zero-order valence-corrected chi connectivity index (χ0v) is 15.5. The average Bonchev–Trinajstić information content (AvgIpc) is 2.99. The zero-order chi connectivity index (χ0) is 18.7. The molecule has 0 saturated heterocycles. The number of carboxylic acids is 1. The maximum absolute atomic E-state index is 12.8. The average molecular weight is 364 g/mol. The first-order chi connectivity index (χ1) is 11.8. The van der Waals surface area contributed by atoms with Gasteiger partial charge in [-0.15, -0.1) is 0 Å². The largest absolute Gasteiger partial charge is 0.480 e.